The lowest BCUT2D eigenvalue weighted by Gasteiger charge is -2.71. The number of carbonyl (C=O) groups excluding carboxylic acids is 1. The zero-order valence-electron chi connectivity index (χ0n) is 38.1. The monoisotopic (exact) mass is 857 g/mol. The van der Waals surface area contributed by atoms with Crippen molar-refractivity contribution in [2.45, 2.75) is 115 Å². The second-order valence-electron chi connectivity index (χ2n) is 19.7. The summed E-state index contributed by atoms with van der Waals surface area (Å²) >= 11 is 0. The van der Waals surface area contributed by atoms with Gasteiger partial charge in [-0.25, -0.2) is 0 Å². The van der Waals surface area contributed by atoms with Gasteiger partial charge in [0.2, 0.25) is 0 Å². The highest BCUT2D eigenvalue weighted by Crippen LogP contribution is 2.80. The van der Waals surface area contributed by atoms with Crippen LogP contribution in [0.4, 0.5) is 0 Å². The van der Waals surface area contributed by atoms with Crippen molar-refractivity contribution in [2.24, 2.45) is 34.0 Å². The van der Waals surface area contributed by atoms with Gasteiger partial charge in [-0.2, -0.15) is 0 Å². The zero-order valence-corrected chi connectivity index (χ0v) is 38.1. The standard InChI is InChI=1S/C52H76N2O8/c1-36-13-14-41(28-39-10-8-11-40(27-39)29-48(4,54-31-36)23-26-61-6)37(2)9-7-12-44(34-62-35-45(58)33-57)49-18-20-51-43(17-25-55)16-15-42(46(51)38(3)32-56)30-50(60,22-24-53-5)52(51,21-19-49)47(49)59/h7-13,15-16,27,32,41-43,45,47,53-55,57-60H,2,14,17-26,28-31,33-35H2,1,3-6H3. The highest BCUT2D eigenvalue weighted by Gasteiger charge is 2.79. The summed E-state index contributed by atoms with van der Waals surface area (Å²) in [6.07, 6.45) is 18.8. The summed E-state index contributed by atoms with van der Waals surface area (Å²) < 4.78 is 11.6. The van der Waals surface area contributed by atoms with Crippen LogP contribution >= 0.6 is 0 Å². The molecule has 0 radical (unpaired) electrons. The lowest BCUT2D eigenvalue weighted by molar-refractivity contribution is -0.256. The number of aldehydes is 1. The highest BCUT2D eigenvalue weighted by atomic mass is 16.5. The molecule has 10 nitrogen and oxygen atoms in total. The molecule has 1 aromatic rings. The molecule has 3 fully saturated rings. The fraction of sp³-hybridized carbons (Fsp3) is 0.635. The number of rotatable bonds is 18. The van der Waals surface area contributed by atoms with Crippen molar-refractivity contribution in [2.75, 3.05) is 60.3 Å². The van der Waals surface area contributed by atoms with Gasteiger partial charge in [-0.1, -0.05) is 78.4 Å². The molecule has 6 bridgehead atoms. The summed E-state index contributed by atoms with van der Waals surface area (Å²) in [5.74, 6) is -0.180. The Bertz CT molecular complexity index is 1900. The number of ether oxygens (including phenoxy) is 2. The van der Waals surface area contributed by atoms with E-state index >= 15 is 0 Å². The summed E-state index contributed by atoms with van der Waals surface area (Å²) in [5, 5.41) is 64.1. The maximum absolute atomic E-state index is 13.4. The molecule has 3 saturated carbocycles. The lowest BCUT2D eigenvalue weighted by Crippen LogP contribution is -2.73. The van der Waals surface area contributed by atoms with E-state index in [2.05, 4.69) is 85.7 Å². The molecular formula is C52H76N2O8. The van der Waals surface area contributed by atoms with Gasteiger partial charge in [-0.3, -0.25) is 4.79 Å². The van der Waals surface area contributed by atoms with Crippen molar-refractivity contribution in [3.63, 3.8) is 0 Å². The molecule has 1 heterocycles. The third-order valence-electron chi connectivity index (χ3n) is 16.0. The van der Waals surface area contributed by atoms with Crippen LogP contribution in [0.15, 0.2) is 95.2 Å². The number of benzene rings is 1. The van der Waals surface area contributed by atoms with E-state index in [0.29, 0.717) is 63.7 Å². The van der Waals surface area contributed by atoms with Crippen LogP contribution in [-0.2, 0) is 27.1 Å². The number of allylic oxidation sites excluding steroid dienone is 9. The molecule has 1 aliphatic heterocycles. The molecule has 0 amide bonds. The summed E-state index contributed by atoms with van der Waals surface area (Å²) in [7, 11) is 3.63. The van der Waals surface area contributed by atoms with Gasteiger partial charge < -0.3 is 45.6 Å². The van der Waals surface area contributed by atoms with Gasteiger partial charge in [-0.05, 0) is 145 Å². The van der Waals surface area contributed by atoms with Gasteiger partial charge in [0.25, 0.3) is 0 Å². The third kappa shape index (κ3) is 9.11. The number of methoxy groups -OCH3 is 1. The number of aliphatic hydroxyl groups excluding tert-OH is 4. The molecule has 2 spiro atoms. The molecule has 4 aliphatic carbocycles. The van der Waals surface area contributed by atoms with E-state index < -0.39 is 40.7 Å². The molecule has 62 heavy (non-hydrogen) atoms. The number of fused-ring (bicyclic) bond motifs is 4. The maximum atomic E-state index is 13.4. The quantitative estimate of drug-likeness (QED) is 0.0411. The first-order valence-electron chi connectivity index (χ1n) is 23.1. The van der Waals surface area contributed by atoms with Crippen LogP contribution in [0.5, 0.6) is 0 Å². The van der Waals surface area contributed by atoms with Crippen molar-refractivity contribution in [1.82, 2.24) is 10.6 Å². The fourth-order valence-corrected chi connectivity index (χ4v) is 12.9. The van der Waals surface area contributed by atoms with Gasteiger partial charge in [0.15, 0.2) is 0 Å². The van der Waals surface area contributed by atoms with E-state index in [1.165, 1.54) is 16.7 Å². The first kappa shape index (κ1) is 48.4. The second-order valence-corrected chi connectivity index (χ2v) is 19.7. The molecule has 0 saturated heterocycles. The van der Waals surface area contributed by atoms with E-state index in [-0.39, 0.29) is 43.1 Å². The van der Waals surface area contributed by atoms with Crippen molar-refractivity contribution in [1.29, 1.82) is 0 Å². The van der Waals surface area contributed by atoms with E-state index in [0.717, 1.165) is 55.2 Å². The summed E-state index contributed by atoms with van der Waals surface area (Å²) in [5.41, 5.74) is 3.47. The first-order chi connectivity index (χ1) is 29.7. The van der Waals surface area contributed by atoms with Crippen molar-refractivity contribution in [3.8, 4) is 0 Å². The smallest absolute Gasteiger partial charge is 0.145 e. The molecule has 6 rings (SSSR count). The van der Waals surface area contributed by atoms with Gasteiger partial charge in [0.1, 0.15) is 12.4 Å². The minimum absolute atomic E-state index is 0.0467. The van der Waals surface area contributed by atoms with Crippen LogP contribution in [0.3, 0.4) is 0 Å². The van der Waals surface area contributed by atoms with E-state index in [1.807, 2.05) is 20.0 Å². The summed E-state index contributed by atoms with van der Waals surface area (Å²) in [4.78, 5) is 12.7. The normalized spacial score (nSPS) is 36.0. The minimum atomic E-state index is -1.27. The van der Waals surface area contributed by atoms with Crippen molar-refractivity contribution in [3.05, 3.63) is 106 Å². The van der Waals surface area contributed by atoms with Crippen LogP contribution < -0.4 is 10.6 Å². The lowest BCUT2D eigenvalue weighted by atomic mass is 9.34. The molecule has 342 valence electrons. The molecule has 10 heteroatoms. The van der Waals surface area contributed by atoms with Crippen LogP contribution in [0.25, 0.3) is 0 Å². The van der Waals surface area contributed by atoms with Gasteiger partial charge in [0, 0.05) is 54.6 Å². The predicted molar refractivity (Wildman–Crippen MR) is 245 cm³/mol. The minimum Gasteiger partial charge on any atom is -0.396 e. The second kappa shape index (κ2) is 20.4. The molecule has 5 aliphatic rings. The van der Waals surface area contributed by atoms with E-state index in [4.69, 9.17) is 9.47 Å². The van der Waals surface area contributed by atoms with Gasteiger partial charge in [-0.15, -0.1) is 0 Å². The molecule has 0 aromatic heterocycles. The van der Waals surface area contributed by atoms with E-state index in [1.54, 1.807) is 7.11 Å². The Morgan fingerprint density at radius 3 is 2.63 bits per heavy atom. The number of hydrogen-bond donors (Lipinski definition) is 7. The Kier molecular flexibility index (Phi) is 16.0. The summed E-state index contributed by atoms with van der Waals surface area (Å²) in [6, 6.07) is 8.89. The largest absolute Gasteiger partial charge is 0.396 e. The van der Waals surface area contributed by atoms with Crippen LogP contribution in [0.1, 0.15) is 89.7 Å². The number of nitrogens with one attached hydrogen (secondary N) is 2. The zero-order chi connectivity index (χ0) is 44.8. The van der Waals surface area contributed by atoms with Gasteiger partial charge >= 0.3 is 0 Å². The Morgan fingerprint density at radius 2 is 1.90 bits per heavy atom. The number of aliphatic hydroxyl groups is 5. The topological polar surface area (TPSA) is 161 Å². The van der Waals surface area contributed by atoms with Crippen molar-refractivity contribution < 1.29 is 39.8 Å². The van der Waals surface area contributed by atoms with Crippen LogP contribution in [0, 0.1) is 34.0 Å². The SMILES string of the molecule is C=C(C=CC=C(COCC(O)CO)C12CCC34C(=C(C)C=O)C(C=CC3CCO)CC(O)(CCNC)C4(CC1)C2O)C1CC=C(C)CNC(C)(CCOC)Cc2cccc(c2)C1. The predicted octanol–water partition coefficient (Wildman–Crippen LogP) is 5.88. The highest BCUT2D eigenvalue weighted by molar-refractivity contribution is 5.75. The van der Waals surface area contributed by atoms with Crippen LogP contribution in [0.2, 0.25) is 0 Å². The summed E-state index contributed by atoms with van der Waals surface area (Å²) in [6.45, 7) is 12.6. The van der Waals surface area contributed by atoms with E-state index in [9.17, 15) is 30.3 Å². The molecule has 10 unspecified atom stereocenters. The maximum Gasteiger partial charge on any atom is 0.145 e. The fourth-order valence-electron chi connectivity index (χ4n) is 12.9. The Morgan fingerprint density at radius 1 is 1.13 bits per heavy atom. The molecule has 7 N–H and O–H groups in total. The van der Waals surface area contributed by atoms with Crippen LogP contribution in [-0.4, -0.2) is 115 Å². The third-order valence-corrected chi connectivity index (χ3v) is 16.0. The molecule has 1 aromatic carbocycles. The first-order valence-corrected chi connectivity index (χ1v) is 23.1. The van der Waals surface area contributed by atoms with Crippen molar-refractivity contribution >= 4 is 6.29 Å². The number of carbonyl (C=O) groups is 1. The average molecular weight is 857 g/mol. The molecule has 10 atom stereocenters. The molecular weight excluding hydrogens is 781 g/mol. The Labute approximate surface area is 371 Å². The number of hydrogen-bond acceptors (Lipinski definition) is 10. The van der Waals surface area contributed by atoms with Gasteiger partial charge in [0.05, 0.1) is 31.5 Å². The Balaban J connectivity index is 1.38. The average Bonchev–Trinajstić information content (AvgIpc) is 3.47. The Hall–Kier alpha value is -3.03.